The van der Waals surface area contributed by atoms with Crippen LogP contribution in [0.2, 0.25) is 0 Å². The van der Waals surface area contributed by atoms with E-state index in [0.717, 1.165) is 17.7 Å². The number of aliphatic carboxylic acids is 1. The van der Waals surface area contributed by atoms with Gasteiger partial charge in [0.25, 0.3) is 5.91 Å². The third-order valence-corrected chi connectivity index (χ3v) is 2.82. The van der Waals surface area contributed by atoms with Crippen molar-refractivity contribution in [3.05, 3.63) is 47.0 Å². The second-order valence-electron chi connectivity index (χ2n) is 4.96. The molecule has 0 aromatic heterocycles. The maximum atomic E-state index is 12.6. The number of carbonyl (C=O) groups is 2. The van der Waals surface area contributed by atoms with Crippen LogP contribution in [0.15, 0.2) is 35.9 Å². The largest absolute Gasteiger partial charge is 0.480 e. The highest BCUT2D eigenvalue weighted by Gasteiger charge is 2.31. The lowest BCUT2D eigenvalue weighted by Gasteiger charge is -2.14. The van der Waals surface area contributed by atoms with Crippen LogP contribution in [-0.2, 0) is 11.0 Å². The Hall–Kier alpha value is -2.31. The number of amides is 1. The van der Waals surface area contributed by atoms with E-state index >= 15 is 0 Å². The van der Waals surface area contributed by atoms with E-state index in [1.165, 1.54) is 6.07 Å². The maximum Gasteiger partial charge on any atom is 0.416 e. The zero-order valence-corrected chi connectivity index (χ0v) is 12.1. The van der Waals surface area contributed by atoms with Crippen molar-refractivity contribution in [3.63, 3.8) is 0 Å². The van der Waals surface area contributed by atoms with Gasteiger partial charge in [0.15, 0.2) is 0 Å². The average molecular weight is 315 g/mol. The lowest BCUT2D eigenvalue weighted by Crippen LogP contribution is -2.40. The number of nitrogens with one attached hydrogen (secondary N) is 1. The first-order chi connectivity index (χ1) is 10.1. The summed E-state index contributed by atoms with van der Waals surface area (Å²) in [7, 11) is 0. The molecule has 0 bridgehead atoms. The molecule has 0 heterocycles. The number of carboxylic acid groups (broad SMARTS) is 1. The van der Waals surface area contributed by atoms with Gasteiger partial charge in [-0.15, -0.1) is 0 Å². The van der Waals surface area contributed by atoms with Crippen LogP contribution < -0.4 is 5.32 Å². The lowest BCUT2D eigenvalue weighted by molar-refractivity contribution is -0.139. The first-order valence-electron chi connectivity index (χ1n) is 6.45. The summed E-state index contributed by atoms with van der Waals surface area (Å²) in [6.07, 6.45) is -2.88. The van der Waals surface area contributed by atoms with E-state index < -0.39 is 29.7 Å². The number of carboxylic acids is 1. The molecule has 120 valence electrons. The van der Waals surface area contributed by atoms with Crippen molar-refractivity contribution in [2.75, 3.05) is 0 Å². The predicted octanol–water partition coefficient (Wildman–Crippen LogP) is 3.24. The zero-order valence-electron chi connectivity index (χ0n) is 12.1. The van der Waals surface area contributed by atoms with E-state index in [9.17, 15) is 22.8 Å². The van der Waals surface area contributed by atoms with Gasteiger partial charge >= 0.3 is 12.1 Å². The number of carbonyl (C=O) groups excluding carboxylic acids is 1. The molecule has 4 nitrogen and oxygen atoms in total. The van der Waals surface area contributed by atoms with E-state index in [-0.39, 0.29) is 12.0 Å². The highest BCUT2D eigenvalue weighted by atomic mass is 19.4. The summed E-state index contributed by atoms with van der Waals surface area (Å²) in [5.74, 6) is -2.11. The molecular weight excluding hydrogens is 299 g/mol. The minimum absolute atomic E-state index is 0.0579. The number of alkyl halides is 3. The van der Waals surface area contributed by atoms with Gasteiger partial charge in [0, 0.05) is 5.56 Å². The molecule has 1 aromatic carbocycles. The molecule has 0 fully saturated rings. The normalized spacial score (nSPS) is 12.4. The molecule has 22 heavy (non-hydrogen) atoms. The summed E-state index contributed by atoms with van der Waals surface area (Å²) in [5.41, 5.74) is -0.325. The molecule has 0 saturated heterocycles. The fraction of sp³-hybridized carbons (Fsp3) is 0.333. The third kappa shape index (κ3) is 5.23. The van der Waals surface area contributed by atoms with Gasteiger partial charge in [-0.05, 0) is 38.5 Å². The second kappa shape index (κ2) is 7.11. The fourth-order valence-electron chi connectivity index (χ4n) is 1.65. The second-order valence-corrected chi connectivity index (χ2v) is 4.96. The predicted molar refractivity (Wildman–Crippen MR) is 74.4 cm³/mol. The molecule has 0 aliphatic heterocycles. The summed E-state index contributed by atoms with van der Waals surface area (Å²) >= 11 is 0. The smallest absolute Gasteiger partial charge is 0.416 e. The van der Waals surface area contributed by atoms with Crippen molar-refractivity contribution in [2.45, 2.75) is 32.5 Å². The number of hydrogen-bond donors (Lipinski definition) is 2. The maximum absolute atomic E-state index is 12.6. The van der Waals surface area contributed by atoms with Gasteiger partial charge in [0.2, 0.25) is 0 Å². The number of benzene rings is 1. The third-order valence-electron chi connectivity index (χ3n) is 2.82. The van der Waals surface area contributed by atoms with Gasteiger partial charge in [0.1, 0.15) is 6.04 Å². The highest BCUT2D eigenvalue weighted by molar-refractivity contribution is 5.96. The number of allylic oxidation sites excluding steroid dienone is 1. The van der Waals surface area contributed by atoms with Crippen molar-refractivity contribution in [2.24, 2.45) is 0 Å². The Kier molecular flexibility index (Phi) is 5.73. The molecule has 1 amide bonds. The van der Waals surface area contributed by atoms with Gasteiger partial charge in [-0.3, -0.25) is 4.79 Å². The van der Waals surface area contributed by atoms with Crippen LogP contribution >= 0.6 is 0 Å². The van der Waals surface area contributed by atoms with Gasteiger partial charge in [-0.1, -0.05) is 17.7 Å². The summed E-state index contributed by atoms with van der Waals surface area (Å²) in [6.45, 7) is 3.54. The van der Waals surface area contributed by atoms with Crippen LogP contribution in [0, 0.1) is 0 Å². The van der Waals surface area contributed by atoms with Crippen molar-refractivity contribution < 1.29 is 27.9 Å². The Morgan fingerprint density at radius 1 is 1.32 bits per heavy atom. The Labute approximate surface area is 125 Å². The molecule has 7 heteroatoms. The SMILES string of the molecule is CC(C)=CC[C@@H](NC(=O)c1cccc(C(F)(F)F)c1)C(=O)O. The van der Waals surface area contributed by atoms with Crippen molar-refractivity contribution >= 4 is 11.9 Å². The van der Waals surface area contributed by atoms with E-state index in [0.29, 0.717) is 6.07 Å². The van der Waals surface area contributed by atoms with Crippen molar-refractivity contribution in [1.82, 2.24) is 5.32 Å². The van der Waals surface area contributed by atoms with Crippen molar-refractivity contribution in [3.8, 4) is 0 Å². The zero-order chi connectivity index (χ0) is 16.9. The van der Waals surface area contributed by atoms with E-state index in [1.807, 2.05) is 0 Å². The molecule has 0 saturated carbocycles. The van der Waals surface area contributed by atoms with E-state index in [2.05, 4.69) is 5.32 Å². The van der Waals surface area contributed by atoms with Gasteiger partial charge in [-0.2, -0.15) is 13.2 Å². The van der Waals surface area contributed by atoms with Crippen molar-refractivity contribution in [1.29, 1.82) is 0 Å². The molecule has 0 radical (unpaired) electrons. The topological polar surface area (TPSA) is 66.4 Å². The van der Waals surface area contributed by atoms with E-state index in [1.54, 1.807) is 19.9 Å². The summed E-state index contributed by atoms with van der Waals surface area (Å²) in [4.78, 5) is 23.0. The summed E-state index contributed by atoms with van der Waals surface area (Å²) in [5, 5.41) is 11.3. The summed E-state index contributed by atoms with van der Waals surface area (Å²) in [6, 6.07) is 2.63. The summed E-state index contributed by atoms with van der Waals surface area (Å²) < 4.78 is 37.8. The Bertz CT molecular complexity index is 590. The van der Waals surface area contributed by atoms with Gasteiger partial charge in [-0.25, -0.2) is 4.79 Å². The molecule has 1 atom stereocenters. The van der Waals surface area contributed by atoms with E-state index in [4.69, 9.17) is 5.11 Å². The van der Waals surface area contributed by atoms with Gasteiger partial charge in [0.05, 0.1) is 5.56 Å². The Morgan fingerprint density at radius 3 is 2.45 bits per heavy atom. The van der Waals surface area contributed by atoms with Crippen LogP contribution in [0.5, 0.6) is 0 Å². The van der Waals surface area contributed by atoms with Crippen LogP contribution in [0.1, 0.15) is 36.2 Å². The molecule has 0 aliphatic rings. The van der Waals surface area contributed by atoms with Crippen LogP contribution in [0.3, 0.4) is 0 Å². The first kappa shape index (κ1) is 17.7. The van der Waals surface area contributed by atoms with Crippen LogP contribution in [0.25, 0.3) is 0 Å². The molecular formula is C15H16F3NO3. The van der Waals surface area contributed by atoms with Crippen LogP contribution in [-0.4, -0.2) is 23.0 Å². The number of hydrogen-bond acceptors (Lipinski definition) is 2. The average Bonchev–Trinajstić information content (AvgIpc) is 2.41. The first-order valence-corrected chi connectivity index (χ1v) is 6.45. The lowest BCUT2D eigenvalue weighted by atomic mass is 10.1. The molecule has 0 spiro atoms. The highest BCUT2D eigenvalue weighted by Crippen LogP contribution is 2.29. The number of rotatable bonds is 5. The van der Waals surface area contributed by atoms with Gasteiger partial charge < -0.3 is 10.4 Å². The quantitative estimate of drug-likeness (QED) is 0.820. The Balaban J connectivity index is 2.91. The fourth-order valence-corrected chi connectivity index (χ4v) is 1.65. The molecule has 1 aromatic rings. The minimum Gasteiger partial charge on any atom is -0.480 e. The minimum atomic E-state index is -4.56. The standard InChI is InChI=1S/C15H16F3NO3/c1-9(2)6-7-12(14(21)22)19-13(20)10-4-3-5-11(8-10)15(16,17)18/h3-6,8,12H,7H2,1-2H3,(H,19,20)(H,21,22)/t12-/m1/s1. The molecule has 1 rings (SSSR count). The van der Waals surface area contributed by atoms with Crippen LogP contribution in [0.4, 0.5) is 13.2 Å². The number of halogens is 3. The monoisotopic (exact) mass is 315 g/mol. The molecule has 2 N–H and O–H groups in total. The molecule has 0 unspecified atom stereocenters. The Morgan fingerprint density at radius 2 is 1.95 bits per heavy atom. The molecule has 0 aliphatic carbocycles.